The van der Waals surface area contributed by atoms with Gasteiger partial charge in [-0.3, -0.25) is 4.98 Å². The van der Waals surface area contributed by atoms with Crippen molar-refractivity contribution in [1.29, 1.82) is 0 Å². The van der Waals surface area contributed by atoms with Crippen LogP contribution in [0.1, 0.15) is 11.4 Å². The fraction of sp³-hybridized carbons (Fsp3) is 0.231. The van der Waals surface area contributed by atoms with E-state index in [9.17, 15) is 0 Å². The molecule has 2 heterocycles. The monoisotopic (exact) mass is 228 g/mol. The van der Waals surface area contributed by atoms with Crippen LogP contribution in [0.25, 0.3) is 0 Å². The second-order valence-corrected chi connectivity index (χ2v) is 3.91. The van der Waals surface area contributed by atoms with Gasteiger partial charge in [0.05, 0.1) is 17.1 Å². The Morgan fingerprint density at radius 3 is 3.00 bits per heavy atom. The molecule has 88 valence electrons. The minimum absolute atomic E-state index is 0.739. The van der Waals surface area contributed by atoms with E-state index in [4.69, 9.17) is 0 Å². The van der Waals surface area contributed by atoms with Gasteiger partial charge in [0, 0.05) is 18.9 Å². The van der Waals surface area contributed by atoms with E-state index in [1.807, 2.05) is 42.8 Å². The molecule has 0 aromatic carbocycles. The highest BCUT2D eigenvalue weighted by atomic mass is 15.2. The molecule has 0 unspecified atom stereocenters. The predicted molar refractivity (Wildman–Crippen MR) is 69.4 cm³/mol. The van der Waals surface area contributed by atoms with Gasteiger partial charge < -0.3 is 9.88 Å². The molecular weight excluding hydrogens is 212 g/mol. The average Bonchev–Trinajstić information content (AvgIpc) is 2.63. The van der Waals surface area contributed by atoms with Crippen molar-refractivity contribution in [3.8, 4) is 0 Å². The van der Waals surface area contributed by atoms with Gasteiger partial charge in [-0.05, 0) is 26.0 Å². The summed E-state index contributed by atoms with van der Waals surface area (Å²) in [6.45, 7) is 8.42. The van der Waals surface area contributed by atoms with Gasteiger partial charge in [0.1, 0.15) is 0 Å². The van der Waals surface area contributed by atoms with Crippen LogP contribution < -0.4 is 5.32 Å². The molecule has 0 aliphatic heterocycles. The molecule has 0 bridgehead atoms. The first-order valence-corrected chi connectivity index (χ1v) is 5.54. The lowest BCUT2D eigenvalue weighted by molar-refractivity contribution is 0.831. The maximum Gasteiger partial charge on any atom is 0.207 e. The molecule has 0 atom stereocenters. The molecule has 0 fully saturated rings. The van der Waals surface area contributed by atoms with Crippen LogP contribution in [-0.2, 0) is 6.54 Å². The molecule has 2 rings (SSSR count). The van der Waals surface area contributed by atoms with Gasteiger partial charge in [0.25, 0.3) is 0 Å². The number of allylic oxidation sites excluding steroid dienone is 1. The SMILES string of the molecule is C=CCn1cc(C)nc1Nc1cccnc1C. The zero-order valence-corrected chi connectivity index (χ0v) is 10.1. The lowest BCUT2D eigenvalue weighted by Gasteiger charge is -2.09. The summed E-state index contributed by atoms with van der Waals surface area (Å²) >= 11 is 0. The highest BCUT2D eigenvalue weighted by Gasteiger charge is 2.06. The highest BCUT2D eigenvalue weighted by molar-refractivity contribution is 5.56. The van der Waals surface area contributed by atoms with Crippen molar-refractivity contribution in [2.75, 3.05) is 5.32 Å². The van der Waals surface area contributed by atoms with Gasteiger partial charge in [-0.2, -0.15) is 0 Å². The maximum atomic E-state index is 4.44. The number of aromatic nitrogens is 3. The third-order valence-corrected chi connectivity index (χ3v) is 2.48. The number of hydrogen-bond acceptors (Lipinski definition) is 3. The molecule has 0 amide bonds. The van der Waals surface area contributed by atoms with Crippen LogP contribution in [0, 0.1) is 13.8 Å². The van der Waals surface area contributed by atoms with Gasteiger partial charge in [-0.15, -0.1) is 6.58 Å². The fourth-order valence-electron chi connectivity index (χ4n) is 1.66. The van der Waals surface area contributed by atoms with Crippen molar-refractivity contribution in [3.05, 3.63) is 48.6 Å². The molecule has 1 N–H and O–H groups in total. The maximum absolute atomic E-state index is 4.44. The topological polar surface area (TPSA) is 42.7 Å². The Balaban J connectivity index is 2.29. The first-order valence-electron chi connectivity index (χ1n) is 5.54. The van der Waals surface area contributed by atoms with Crippen LogP contribution in [0.4, 0.5) is 11.6 Å². The number of imidazole rings is 1. The van der Waals surface area contributed by atoms with Gasteiger partial charge >= 0.3 is 0 Å². The second-order valence-electron chi connectivity index (χ2n) is 3.91. The molecule has 4 nitrogen and oxygen atoms in total. The van der Waals surface area contributed by atoms with Crippen LogP contribution >= 0.6 is 0 Å². The smallest absolute Gasteiger partial charge is 0.207 e. The molecular formula is C13H16N4. The first-order chi connectivity index (χ1) is 8.20. The van der Waals surface area contributed by atoms with Crippen molar-refractivity contribution < 1.29 is 0 Å². The Morgan fingerprint density at radius 1 is 1.47 bits per heavy atom. The lowest BCUT2D eigenvalue weighted by Crippen LogP contribution is -2.03. The molecule has 0 saturated carbocycles. The van der Waals surface area contributed by atoms with E-state index in [-0.39, 0.29) is 0 Å². The van der Waals surface area contributed by atoms with E-state index in [0.29, 0.717) is 0 Å². The normalized spacial score (nSPS) is 10.2. The van der Waals surface area contributed by atoms with E-state index in [2.05, 4.69) is 21.9 Å². The molecule has 2 aromatic heterocycles. The molecule has 17 heavy (non-hydrogen) atoms. The molecule has 0 aliphatic rings. The van der Waals surface area contributed by atoms with Crippen molar-refractivity contribution in [2.45, 2.75) is 20.4 Å². The number of pyridine rings is 1. The first kappa shape index (κ1) is 11.4. The summed E-state index contributed by atoms with van der Waals surface area (Å²) in [6, 6.07) is 3.90. The van der Waals surface area contributed by atoms with Crippen molar-refractivity contribution in [1.82, 2.24) is 14.5 Å². The van der Waals surface area contributed by atoms with Gasteiger partial charge in [0.2, 0.25) is 5.95 Å². The largest absolute Gasteiger partial charge is 0.324 e. The lowest BCUT2D eigenvalue weighted by atomic mass is 10.3. The number of nitrogens with one attached hydrogen (secondary N) is 1. The average molecular weight is 228 g/mol. The molecule has 0 spiro atoms. The molecule has 2 aromatic rings. The van der Waals surface area contributed by atoms with Crippen LogP contribution in [-0.4, -0.2) is 14.5 Å². The fourth-order valence-corrected chi connectivity index (χ4v) is 1.66. The number of rotatable bonds is 4. The molecule has 4 heteroatoms. The zero-order chi connectivity index (χ0) is 12.3. The van der Waals surface area contributed by atoms with E-state index in [0.717, 1.165) is 29.6 Å². The number of aryl methyl sites for hydroxylation is 2. The van der Waals surface area contributed by atoms with Gasteiger partial charge in [0.15, 0.2) is 0 Å². The van der Waals surface area contributed by atoms with Crippen molar-refractivity contribution in [2.24, 2.45) is 0 Å². The van der Waals surface area contributed by atoms with E-state index < -0.39 is 0 Å². The van der Waals surface area contributed by atoms with Crippen LogP contribution in [0.2, 0.25) is 0 Å². The summed E-state index contributed by atoms with van der Waals surface area (Å²) in [5, 5.41) is 3.29. The number of nitrogens with zero attached hydrogens (tertiary/aromatic N) is 3. The highest BCUT2D eigenvalue weighted by Crippen LogP contribution is 2.18. The third kappa shape index (κ3) is 2.53. The second kappa shape index (κ2) is 4.82. The summed E-state index contributed by atoms with van der Waals surface area (Å²) in [6.07, 6.45) is 5.63. The Bertz CT molecular complexity index is 528. The van der Waals surface area contributed by atoms with Gasteiger partial charge in [-0.1, -0.05) is 6.08 Å². The van der Waals surface area contributed by atoms with Crippen molar-refractivity contribution >= 4 is 11.6 Å². The quantitative estimate of drug-likeness (QED) is 0.818. The molecule has 0 saturated heterocycles. The molecule has 0 aliphatic carbocycles. The summed E-state index contributed by atoms with van der Waals surface area (Å²) < 4.78 is 2.02. The zero-order valence-electron chi connectivity index (χ0n) is 10.1. The predicted octanol–water partition coefficient (Wildman–Crippen LogP) is 2.82. The summed E-state index contributed by atoms with van der Waals surface area (Å²) in [5.74, 6) is 0.818. The Hall–Kier alpha value is -2.10. The third-order valence-electron chi connectivity index (χ3n) is 2.48. The van der Waals surface area contributed by atoms with Crippen LogP contribution in [0.3, 0.4) is 0 Å². The van der Waals surface area contributed by atoms with Gasteiger partial charge in [-0.25, -0.2) is 4.98 Å². The van der Waals surface area contributed by atoms with Crippen LogP contribution in [0.5, 0.6) is 0 Å². The Kier molecular flexibility index (Phi) is 3.23. The minimum atomic E-state index is 0.739. The van der Waals surface area contributed by atoms with Crippen LogP contribution in [0.15, 0.2) is 37.2 Å². The molecule has 0 radical (unpaired) electrons. The van der Waals surface area contributed by atoms with E-state index in [1.165, 1.54) is 0 Å². The number of hydrogen-bond donors (Lipinski definition) is 1. The Labute approximate surface area is 101 Å². The van der Waals surface area contributed by atoms with E-state index in [1.54, 1.807) is 6.20 Å². The summed E-state index contributed by atoms with van der Waals surface area (Å²) in [4.78, 5) is 8.68. The van der Waals surface area contributed by atoms with E-state index >= 15 is 0 Å². The number of anilines is 2. The summed E-state index contributed by atoms with van der Waals surface area (Å²) in [7, 11) is 0. The minimum Gasteiger partial charge on any atom is -0.324 e. The summed E-state index contributed by atoms with van der Waals surface area (Å²) in [5.41, 5.74) is 2.91. The Morgan fingerprint density at radius 2 is 2.29 bits per heavy atom. The standard InChI is InChI=1S/C13H16N4/c1-4-8-17-9-10(2)15-13(17)16-12-6-5-7-14-11(12)3/h4-7,9H,1,8H2,2-3H3,(H,15,16). The van der Waals surface area contributed by atoms with Crippen molar-refractivity contribution in [3.63, 3.8) is 0 Å².